The first-order valence-electron chi connectivity index (χ1n) is 5.18. The molecule has 3 nitrogen and oxygen atoms in total. The number of hydrogen-bond acceptors (Lipinski definition) is 1. The molecule has 5 heteroatoms. The van der Waals surface area contributed by atoms with Gasteiger partial charge in [-0.3, -0.25) is 0 Å². The second kappa shape index (κ2) is 4.82. The number of nitrogens with one attached hydrogen (secondary N) is 2. The summed E-state index contributed by atoms with van der Waals surface area (Å²) in [7, 11) is 0. The van der Waals surface area contributed by atoms with E-state index in [2.05, 4.69) is 26.6 Å². The largest absolute Gasteiger partial charge is 0.335 e. The first-order valence-corrected chi connectivity index (χ1v) is 5.97. The minimum absolute atomic E-state index is 0.272. The van der Waals surface area contributed by atoms with Crippen molar-refractivity contribution in [2.75, 3.05) is 5.32 Å². The third kappa shape index (κ3) is 2.72. The van der Waals surface area contributed by atoms with E-state index in [0.717, 1.165) is 19.3 Å². The lowest BCUT2D eigenvalue weighted by atomic mass is 9.93. The molecule has 0 unspecified atom stereocenters. The number of carbonyl (C=O) groups is 1. The van der Waals surface area contributed by atoms with Crippen molar-refractivity contribution in [2.24, 2.45) is 0 Å². The first-order chi connectivity index (χ1) is 7.65. The van der Waals surface area contributed by atoms with Crippen LogP contribution in [0.3, 0.4) is 0 Å². The summed E-state index contributed by atoms with van der Waals surface area (Å²) in [6.45, 7) is 0. The number of urea groups is 1. The van der Waals surface area contributed by atoms with Crippen molar-refractivity contribution < 1.29 is 9.18 Å². The summed E-state index contributed by atoms with van der Waals surface area (Å²) in [4.78, 5) is 11.5. The van der Waals surface area contributed by atoms with Crippen LogP contribution in [-0.4, -0.2) is 12.1 Å². The second-order valence-electron chi connectivity index (χ2n) is 3.86. The Labute approximate surface area is 102 Å². The summed E-state index contributed by atoms with van der Waals surface area (Å²) in [5, 5.41) is 5.41. The van der Waals surface area contributed by atoms with Gasteiger partial charge in [0.05, 0.1) is 4.47 Å². The van der Waals surface area contributed by atoms with Gasteiger partial charge in [-0.25, -0.2) is 9.18 Å². The van der Waals surface area contributed by atoms with E-state index in [1.54, 1.807) is 12.1 Å². The van der Waals surface area contributed by atoms with E-state index in [-0.39, 0.29) is 17.9 Å². The summed E-state index contributed by atoms with van der Waals surface area (Å²) in [5.41, 5.74) is 0.456. The quantitative estimate of drug-likeness (QED) is 0.861. The average molecular weight is 287 g/mol. The summed E-state index contributed by atoms with van der Waals surface area (Å²) < 4.78 is 13.5. The molecule has 1 aliphatic carbocycles. The molecule has 2 N–H and O–H groups in total. The molecule has 86 valence electrons. The highest BCUT2D eigenvalue weighted by Gasteiger charge is 2.19. The Morgan fingerprint density at radius 1 is 1.44 bits per heavy atom. The number of hydrogen-bond donors (Lipinski definition) is 2. The molecule has 2 amide bonds. The second-order valence-corrected chi connectivity index (χ2v) is 4.71. The molecule has 0 bridgehead atoms. The van der Waals surface area contributed by atoms with Crippen LogP contribution >= 0.6 is 15.9 Å². The molecule has 1 saturated carbocycles. The fraction of sp³-hybridized carbons (Fsp3) is 0.364. The monoisotopic (exact) mass is 286 g/mol. The topological polar surface area (TPSA) is 41.1 Å². The predicted octanol–water partition coefficient (Wildman–Crippen LogP) is 3.26. The van der Waals surface area contributed by atoms with Crippen LogP contribution in [0.1, 0.15) is 19.3 Å². The number of amides is 2. The van der Waals surface area contributed by atoms with Gasteiger partial charge >= 0.3 is 6.03 Å². The van der Waals surface area contributed by atoms with Gasteiger partial charge in [0.1, 0.15) is 5.82 Å². The number of carbonyl (C=O) groups excluding carboxylic acids is 1. The van der Waals surface area contributed by atoms with Crippen LogP contribution < -0.4 is 10.6 Å². The van der Waals surface area contributed by atoms with Gasteiger partial charge in [0.15, 0.2) is 0 Å². The first kappa shape index (κ1) is 11.4. The number of benzene rings is 1. The highest BCUT2D eigenvalue weighted by atomic mass is 79.9. The lowest BCUT2D eigenvalue weighted by Gasteiger charge is -2.26. The van der Waals surface area contributed by atoms with E-state index in [9.17, 15) is 9.18 Å². The van der Waals surface area contributed by atoms with Gasteiger partial charge in [-0.2, -0.15) is 0 Å². The molecule has 16 heavy (non-hydrogen) atoms. The zero-order valence-electron chi connectivity index (χ0n) is 8.59. The summed E-state index contributed by atoms with van der Waals surface area (Å²) in [6.07, 6.45) is 3.22. The molecule has 0 heterocycles. The van der Waals surface area contributed by atoms with Crippen molar-refractivity contribution in [2.45, 2.75) is 25.3 Å². The minimum Gasteiger partial charge on any atom is -0.335 e. The van der Waals surface area contributed by atoms with Gasteiger partial charge < -0.3 is 10.6 Å². The fourth-order valence-electron chi connectivity index (χ4n) is 1.48. The Bertz CT molecular complexity index is 407. The van der Waals surface area contributed by atoms with E-state index in [4.69, 9.17) is 0 Å². The molecule has 1 aliphatic rings. The molecule has 2 rings (SSSR count). The van der Waals surface area contributed by atoms with Gasteiger partial charge in [0.25, 0.3) is 0 Å². The van der Waals surface area contributed by atoms with Crippen molar-refractivity contribution in [3.05, 3.63) is 28.5 Å². The molecular formula is C11H12BrFN2O. The lowest BCUT2D eigenvalue weighted by molar-refractivity contribution is 0.240. The Morgan fingerprint density at radius 3 is 2.75 bits per heavy atom. The van der Waals surface area contributed by atoms with Crippen LogP contribution in [0.2, 0.25) is 0 Å². The van der Waals surface area contributed by atoms with Crippen LogP contribution in [0, 0.1) is 5.82 Å². The Balaban J connectivity index is 1.92. The maximum absolute atomic E-state index is 13.2. The van der Waals surface area contributed by atoms with E-state index < -0.39 is 0 Å². The molecule has 0 aromatic heterocycles. The Hall–Kier alpha value is -1.10. The van der Waals surface area contributed by atoms with Crippen LogP contribution in [0.4, 0.5) is 14.9 Å². The molecule has 1 fully saturated rings. The number of anilines is 1. The number of rotatable bonds is 2. The van der Waals surface area contributed by atoms with Gasteiger partial charge in [-0.05, 0) is 53.4 Å². The number of halogens is 2. The molecule has 1 aromatic carbocycles. The summed E-state index contributed by atoms with van der Waals surface area (Å²) >= 11 is 3.05. The predicted molar refractivity (Wildman–Crippen MR) is 63.9 cm³/mol. The summed E-state index contributed by atoms with van der Waals surface area (Å²) in [6, 6.07) is 4.50. The van der Waals surface area contributed by atoms with Crippen LogP contribution in [-0.2, 0) is 0 Å². The van der Waals surface area contributed by atoms with Gasteiger partial charge in [-0.1, -0.05) is 0 Å². The van der Waals surface area contributed by atoms with E-state index >= 15 is 0 Å². The van der Waals surface area contributed by atoms with E-state index in [1.807, 2.05) is 0 Å². The molecular weight excluding hydrogens is 275 g/mol. The Morgan fingerprint density at radius 2 is 2.19 bits per heavy atom. The minimum atomic E-state index is -0.388. The van der Waals surface area contributed by atoms with Crippen molar-refractivity contribution >= 4 is 27.6 Å². The highest BCUT2D eigenvalue weighted by molar-refractivity contribution is 9.10. The van der Waals surface area contributed by atoms with Gasteiger partial charge in [-0.15, -0.1) is 0 Å². The smallest absolute Gasteiger partial charge is 0.319 e. The normalized spacial score (nSPS) is 15.4. The molecule has 0 aliphatic heterocycles. The molecule has 0 radical (unpaired) electrons. The maximum Gasteiger partial charge on any atom is 0.319 e. The van der Waals surface area contributed by atoms with Gasteiger partial charge in [0.2, 0.25) is 0 Å². The van der Waals surface area contributed by atoms with Crippen LogP contribution in [0.5, 0.6) is 0 Å². The van der Waals surface area contributed by atoms with E-state index in [0.29, 0.717) is 10.2 Å². The zero-order valence-corrected chi connectivity index (χ0v) is 10.2. The third-order valence-corrected chi connectivity index (χ3v) is 3.26. The van der Waals surface area contributed by atoms with Crippen LogP contribution in [0.25, 0.3) is 0 Å². The standard InChI is InChI=1S/C11H12BrFN2O/c12-9-5-4-8(6-10(9)13)15-11(16)14-7-2-1-3-7/h4-7H,1-3H2,(H2,14,15,16). The van der Waals surface area contributed by atoms with Crippen molar-refractivity contribution in [1.82, 2.24) is 5.32 Å². The third-order valence-electron chi connectivity index (χ3n) is 2.62. The summed E-state index contributed by atoms with van der Waals surface area (Å²) in [5.74, 6) is -0.388. The van der Waals surface area contributed by atoms with Crippen LogP contribution in [0.15, 0.2) is 22.7 Å². The molecule has 0 spiro atoms. The van der Waals surface area contributed by atoms with Crippen molar-refractivity contribution in [3.8, 4) is 0 Å². The Kier molecular flexibility index (Phi) is 3.43. The zero-order chi connectivity index (χ0) is 11.5. The SMILES string of the molecule is O=C(Nc1ccc(Br)c(F)c1)NC1CCC1. The average Bonchev–Trinajstić information content (AvgIpc) is 2.18. The van der Waals surface area contributed by atoms with Crippen molar-refractivity contribution in [1.29, 1.82) is 0 Å². The molecule has 0 saturated heterocycles. The van der Waals surface area contributed by atoms with Gasteiger partial charge in [0, 0.05) is 11.7 Å². The fourth-order valence-corrected chi connectivity index (χ4v) is 1.73. The molecule has 0 atom stereocenters. The maximum atomic E-state index is 13.2. The molecule has 1 aromatic rings. The van der Waals surface area contributed by atoms with Crippen molar-refractivity contribution in [3.63, 3.8) is 0 Å². The van der Waals surface area contributed by atoms with E-state index in [1.165, 1.54) is 6.07 Å². The highest BCUT2D eigenvalue weighted by Crippen LogP contribution is 2.20. The lowest BCUT2D eigenvalue weighted by Crippen LogP contribution is -2.41.